The number of hydrogen-bond donors (Lipinski definition) is 0. The summed E-state index contributed by atoms with van der Waals surface area (Å²) < 4.78 is 8.38. The fourth-order valence-electron chi connectivity index (χ4n) is 5.71. The first-order valence-electron chi connectivity index (χ1n) is 11.9. The van der Waals surface area contributed by atoms with Gasteiger partial charge in [0.1, 0.15) is 0 Å². The van der Waals surface area contributed by atoms with Crippen LogP contribution < -0.4 is 4.90 Å². The number of benzene rings is 1. The molecule has 0 spiro atoms. The molecule has 1 saturated heterocycles. The van der Waals surface area contributed by atoms with Gasteiger partial charge in [-0.15, -0.1) is 0 Å². The first-order valence-corrected chi connectivity index (χ1v) is 13.6. The van der Waals surface area contributed by atoms with E-state index in [2.05, 4.69) is 62.9 Å². The van der Waals surface area contributed by atoms with E-state index in [1.807, 2.05) is 6.92 Å². The van der Waals surface area contributed by atoms with Gasteiger partial charge >= 0.3 is 216 Å². The molecule has 184 valence electrons. The van der Waals surface area contributed by atoms with Crippen molar-refractivity contribution in [1.29, 1.82) is 0 Å². The van der Waals surface area contributed by atoms with Crippen LogP contribution in [0.1, 0.15) is 60.3 Å². The van der Waals surface area contributed by atoms with Crippen LogP contribution in [0.4, 0.5) is 20.7 Å². The molecule has 8 heteroatoms. The monoisotopic (exact) mass is 549 g/mol. The number of anilines is 3. The van der Waals surface area contributed by atoms with E-state index < -0.39 is 17.8 Å². The molecule has 0 aliphatic carbocycles. The Hall–Kier alpha value is -3.35. The van der Waals surface area contributed by atoms with Crippen LogP contribution in [0.15, 0.2) is 40.3 Å². The second kappa shape index (κ2) is 7.11. The van der Waals surface area contributed by atoms with E-state index in [1.54, 1.807) is 6.08 Å². The average molecular weight is 549 g/mol. The van der Waals surface area contributed by atoms with Gasteiger partial charge in [0.2, 0.25) is 0 Å². The zero-order valence-corrected chi connectivity index (χ0v) is 23.1. The quantitative estimate of drug-likeness (QED) is 0.248. The van der Waals surface area contributed by atoms with Crippen LogP contribution in [0, 0.1) is 6.92 Å². The van der Waals surface area contributed by atoms with Crippen LogP contribution in [0.5, 0.6) is 0 Å². The second-order valence-electron chi connectivity index (χ2n) is 10.8. The van der Waals surface area contributed by atoms with Gasteiger partial charge in [-0.3, -0.25) is 0 Å². The zero-order valence-electron chi connectivity index (χ0n) is 21.3. The number of urea groups is 1. The van der Waals surface area contributed by atoms with E-state index in [0.29, 0.717) is 0 Å². The van der Waals surface area contributed by atoms with Gasteiger partial charge in [-0.25, -0.2) is 0 Å². The van der Waals surface area contributed by atoms with Crippen LogP contribution in [0.25, 0.3) is 6.08 Å². The van der Waals surface area contributed by atoms with Gasteiger partial charge in [0, 0.05) is 0 Å². The van der Waals surface area contributed by atoms with E-state index in [0.717, 1.165) is 31.4 Å². The molecule has 0 unspecified atom stereocenters. The van der Waals surface area contributed by atoms with Crippen molar-refractivity contribution >= 4 is 54.4 Å². The molecule has 3 aliphatic rings. The molecule has 0 N–H and O–H groups in total. The molecular formula is C28H27N3O4Se. The third-order valence-corrected chi connectivity index (χ3v) is 10.0. The van der Waals surface area contributed by atoms with Crippen molar-refractivity contribution in [3.63, 3.8) is 0 Å². The molecule has 2 aromatic heterocycles. The molecule has 4 amide bonds. The summed E-state index contributed by atoms with van der Waals surface area (Å²) in [5.74, 6) is 0.673. The van der Waals surface area contributed by atoms with Gasteiger partial charge in [-0.05, 0) is 0 Å². The first kappa shape index (κ1) is 23.1. The summed E-state index contributed by atoms with van der Waals surface area (Å²) in [4.78, 5) is 42.2. The Balaban J connectivity index is 1.59. The Labute approximate surface area is 215 Å². The molecular weight excluding hydrogens is 521 g/mol. The van der Waals surface area contributed by atoms with Gasteiger partial charge < -0.3 is 0 Å². The number of aryl methyl sites for hydroxylation is 1. The molecule has 1 fully saturated rings. The van der Waals surface area contributed by atoms with Crippen molar-refractivity contribution in [1.82, 2.24) is 9.80 Å². The third kappa shape index (κ3) is 2.77. The van der Waals surface area contributed by atoms with Crippen molar-refractivity contribution in [2.45, 2.75) is 45.4 Å². The number of fused-ring (bicyclic) bond motifs is 4. The van der Waals surface area contributed by atoms with Crippen molar-refractivity contribution in [3.05, 3.63) is 68.6 Å². The molecule has 3 aliphatic heterocycles. The summed E-state index contributed by atoms with van der Waals surface area (Å²) in [7, 11) is 2.80. The van der Waals surface area contributed by atoms with Gasteiger partial charge in [-0.2, -0.15) is 0 Å². The number of nitrogens with zero attached hydrogens (tertiary/aromatic N) is 3. The predicted octanol–water partition coefficient (Wildman–Crippen LogP) is 4.83. The SMILES string of the molecule is Cc1cc2c(o1)C(C)(C)c1cccc3c1N2c1[se]c(C=C2C(=O)N(C)C(=O)N(C)C2=O)cc1C3(C)C. The summed E-state index contributed by atoms with van der Waals surface area (Å²) in [6.45, 7) is 10.9. The van der Waals surface area contributed by atoms with Crippen molar-refractivity contribution in [3.8, 4) is 0 Å². The van der Waals surface area contributed by atoms with Crippen LogP contribution in [0.3, 0.4) is 0 Å². The molecule has 3 aromatic rings. The van der Waals surface area contributed by atoms with Gasteiger partial charge in [0.05, 0.1) is 0 Å². The normalized spacial score (nSPS) is 19.4. The molecule has 5 heterocycles. The zero-order chi connectivity index (χ0) is 25.9. The Kier molecular flexibility index (Phi) is 4.56. The maximum atomic E-state index is 12.8. The molecule has 7 nitrogen and oxygen atoms in total. The number of barbiturate groups is 1. The molecule has 1 aromatic carbocycles. The molecule has 0 bridgehead atoms. The topological polar surface area (TPSA) is 74.1 Å². The van der Waals surface area contributed by atoms with Gasteiger partial charge in [0.25, 0.3) is 0 Å². The number of amides is 4. The van der Waals surface area contributed by atoms with Crippen LogP contribution in [-0.4, -0.2) is 56.2 Å². The van der Waals surface area contributed by atoms with Crippen LogP contribution in [0.2, 0.25) is 0 Å². The minimum absolute atomic E-state index is 0.0169. The standard InChI is InChI=1S/C28H27N3O4Se/c1-14-11-20-22(35-14)28(4,5)18-10-8-9-17-21(18)31(20)25-19(27(17,2)3)13-15(36-25)12-16-23(32)29(6)26(34)30(7)24(16)33/h8-13H,1-7H3. The number of rotatable bonds is 1. The van der Waals surface area contributed by atoms with E-state index in [9.17, 15) is 14.4 Å². The summed E-state index contributed by atoms with van der Waals surface area (Å²) in [6, 6.07) is 10.1. The number of imide groups is 2. The predicted molar refractivity (Wildman–Crippen MR) is 138 cm³/mol. The maximum absolute atomic E-state index is 12.8. The number of carbonyl (C=O) groups is 3. The Morgan fingerprint density at radius 2 is 1.50 bits per heavy atom. The molecule has 0 radical (unpaired) electrons. The molecule has 6 rings (SSSR count). The molecule has 36 heavy (non-hydrogen) atoms. The van der Waals surface area contributed by atoms with Crippen molar-refractivity contribution in [2.24, 2.45) is 0 Å². The van der Waals surface area contributed by atoms with Crippen LogP contribution >= 0.6 is 0 Å². The minimum atomic E-state index is -0.617. The number of carbonyl (C=O) groups excluding carboxylic acids is 3. The van der Waals surface area contributed by atoms with E-state index in [4.69, 9.17) is 4.42 Å². The van der Waals surface area contributed by atoms with E-state index in [-0.39, 0.29) is 30.9 Å². The average Bonchev–Trinajstić information content (AvgIpc) is 3.44. The number of para-hydroxylation sites is 1. The Bertz CT molecular complexity index is 1530. The first-order chi connectivity index (χ1) is 16.9. The third-order valence-electron chi connectivity index (χ3n) is 7.79. The molecule has 0 saturated carbocycles. The fraction of sp³-hybridized carbons (Fsp3) is 0.321. The number of furan rings is 1. The summed E-state index contributed by atoms with van der Waals surface area (Å²) in [5.41, 5.74) is 5.37. The van der Waals surface area contributed by atoms with Crippen molar-refractivity contribution in [2.75, 3.05) is 19.0 Å². The van der Waals surface area contributed by atoms with Crippen molar-refractivity contribution < 1.29 is 18.8 Å². The Morgan fingerprint density at radius 1 is 0.889 bits per heavy atom. The van der Waals surface area contributed by atoms with E-state index in [1.165, 1.54) is 41.0 Å². The summed E-state index contributed by atoms with van der Waals surface area (Å²) in [5, 5.41) is 0. The second-order valence-corrected chi connectivity index (χ2v) is 13.0. The number of likely N-dealkylation sites (N-methyl/N-ethyl adjacent to an activating group) is 2. The van der Waals surface area contributed by atoms with Crippen LogP contribution in [-0.2, 0) is 20.4 Å². The Morgan fingerprint density at radius 3 is 2.14 bits per heavy atom. The molecule has 0 atom stereocenters. The van der Waals surface area contributed by atoms with Gasteiger partial charge in [-0.1, -0.05) is 0 Å². The fourth-order valence-corrected chi connectivity index (χ4v) is 8.40. The van der Waals surface area contributed by atoms with Gasteiger partial charge in [0.15, 0.2) is 0 Å². The van der Waals surface area contributed by atoms with E-state index >= 15 is 0 Å². The number of hydrogen-bond acceptors (Lipinski definition) is 5. The summed E-state index contributed by atoms with van der Waals surface area (Å²) in [6.07, 6.45) is 1.68. The summed E-state index contributed by atoms with van der Waals surface area (Å²) >= 11 is -0.173.